The van der Waals surface area contributed by atoms with E-state index in [-0.39, 0.29) is 12.8 Å². The lowest BCUT2D eigenvalue weighted by Crippen LogP contribution is -2.51. The first-order valence-corrected chi connectivity index (χ1v) is 6.18. The molecule has 2 atom stereocenters. The fourth-order valence-corrected chi connectivity index (χ4v) is 1.39. The molecular weight excluding hydrogens is 268 g/mol. The van der Waals surface area contributed by atoms with E-state index in [0.717, 1.165) is 0 Å². The lowest BCUT2D eigenvalue weighted by Gasteiger charge is -2.16. The van der Waals surface area contributed by atoms with Crippen molar-refractivity contribution in [2.45, 2.75) is 38.8 Å². The van der Waals surface area contributed by atoms with Crippen LogP contribution in [0.2, 0.25) is 0 Å². The average Bonchev–Trinajstić information content (AvgIpc) is 2.47. The smallest absolute Gasteiger partial charge is 0.328 e. The summed E-state index contributed by atoms with van der Waals surface area (Å²) in [6.07, 6.45) is 0.555. The van der Waals surface area contributed by atoms with Gasteiger partial charge in [-0.3, -0.25) is 9.59 Å². The molecule has 0 aromatic heterocycles. The summed E-state index contributed by atoms with van der Waals surface area (Å²) in [5, 5.41) is 4.45. The lowest BCUT2D eigenvalue weighted by atomic mass is 10.2. The molecule has 0 spiro atoms. The SMILES string of the molecule is CC[C@H](NC(=O)C(=O)N[C@@H](CC)C(=O)OC)C(=O)OC. The van der Waals surface area contributed by atoms with Crippen LogP contribution in [0, 0.1) is 0 Å². The number of rotatable bonds is 6. The molecular formula is C12H20N2O6. The molecule has 0 aliphatic heterocycles. The number of hydrogen-bond donors (Lipinski definition) is 2. The normalized spacial score (nSPS) is 12.8. The maximum atomic E-state index is 11.6. The van der Waals surface area contributed by atoms with E-state index in [9.17, 15) is 19.2 Å². The van der Waals surface area contributed by atoms with Gasteiger partial charge < -0.3 is 20.1 Å². The van der Waals surface area contributed by atoms with E-state index in [4.69, 9.17) is 0 Å². The van der Waals surface area contributed by atoms with Crippen LogP contribution in [-0.4, -0.2) is 50.1 Å². The van der Waals surface area contributed by atoms with Crippen molar-refractivity contribution in [3.8, 4) is 0 Å². The minimum absolute atomic E-state index is 0.278. The van der Waals surface area contributed by atoms with E-state index in [1.54, 1.807) is 13.8 Å². The first kappa shape index (κ1) is 17.9. The number of carbonyl (C=O) groups excluding carboxylic acids is 4. The third kappa shape index (κ3) is 5.25. The largest absolute Gasteiger partial charge is 0.467 e. The number of methoxy groups -OCH3 is 2. The summed E-state index contributed by atoms with van der Waals surface area (Å²) in [6.45, 7) is 3.31. The quantitative estimate of drug-likeness (QED) is 0.485. The van der Waals surface area contributed by atoms with Crippen molar-refractivity contribution in [1.82, 2.24) is 10.6 Å². The Morgan fingerprint density at radius 1 is 0.800 bits per heavy atom. The molecule has 0 saturated carbocycles. The number of amides is 2. The van der Waals surface area contributed by atoms with Crippen molar-refractivity contribution in [2.24, 2.45) is 0 Å². The summed E-state index contributed by atoms with van der Waals surface area (Å²) in [5.41, 5.74) is 0. The van der Waals surface area contributed by atoms with Crippen molar-refractivity contribution in [2.75, 3.05) is 14.2 Å². The van der Waals surface area contributed by atoms with E-state index < -0.39 is 35.8 Å². The van der Waals surface area contributed by atoms with Crippen LogP contribution < -0.4 is 10.6 Å². The first-order chi connectivity index (χ1) is 9.40. The van der Waals surface area contributed by atoms with Gasteiger partial charge in [-0.25, -0.2) is 9.59 Å². The Hall–Kier alpha value is -2.12. The van der Waals surface area contributed by atoms with Gasteiger partial charge >= 0.3 is 23.8 Å². The van der Waals surface area contributed by atoms with Crippen molar-refractivity contribution in [3.05, 3.63) is 0 Å². The monoisotopic (exact) mass is 288 g/mol. The number of hydrogen-bond acceptors (Lipinski definition) is 6. The Bertz CT molecular complexity index is 346. The van der Waals surface area contributed by atoms with E-state index in [1.165, 1.54) is 14.2 Å². The van der Waals surface area contributed by atoms with Crippen LogP contribution in [0.1, 0.15) is 26.7 Å². The van der Waals surface area contributed by atoms with Crippen LogP contribution in [0.4, 0.5) is 0 Å². The van der Waals surface area contributed by atoms with E-state index in [1.807, 2.05) is 0 Å². The Balaban J connectivity index is 4.58. The highest BCUT2D eigenvalue weighted by Crippen LogP contribution is 1.96. The fraction of sp³-hybridized carbons (Fsp3) is 0.667. The highest BCUT2D eigenvalue weighted by molar-refractivity contribution is 6.35. The molecule has 0 unspecified atom stereocenters. The molecule has 0 aromatic carbocycles. The summed E-state index contributed by atoms with van der Waals surface area (Å²) in [6, 6.07) is -1.81. The van der Waals surface area contributed by atoms with Gasteiger partial charge in [0.25, 0.3) is 0 Å². The summed E-state index contributed by atoms with van der Waals surface area (Å²) in [4.78, 5) is 45.8. The minimum atomic E-state index is -1.01. The molecule has 2 N–H and O–H groups in total. The van der Waals surface area contributed by atoms with E-state index >= 15 is 0 Å². The topological polar surface area (TPSA) is 111 Å². The maximum Gasteiger partial charge on any atom is 0.328 e. The molecule has 0 bridgehead atoms. The van der Waals surface area contributed by atoms with Gasteiger partial charge in [0, 0.05) is 0 Å². The Kier molecular flexibility index (Phi) is 7.95. The van der Waals surface area contributed by atoms with Gasteiger partial charge in [0.2, 0.25) is 0 Å². The second kappa shape index (κ2) is 8.89. The van der Waals surface area contributed by atoms with E-state index in [0.29, 0.717) is 0 Å². The van der Waals surface area contributed by atoms with Gasteiger partial charge in [0.1, 0.15) is 12.1 Å². The van der Waals surface area contributed by atoms with Crippen molar-refractivity contribution < 1.29 is 28.7 Å². The van der Waals surface area contributed by atoms with Crippen molar-refractivity contribution in [1.29, 1.82) is 0 Å². The van der Waals surface area contributed by atoms with Crippen molar-refractivity contribution in [3.63, 3.8) is 0 Å². The molecule has 20 heavy (non-hydrogen) atoms. The van der Waals surface area contributed by atoms with Crippen LogP contribution in [0.25, 0.3) is 0 Å². The molecule has 8 nitrogen and oxygen atoms in total. The minimum Gasteiger partial charge on any atom is -0.467 e. The number of nitrogens with one attached hydrogen (secondary N) is 2. The molecule has 0 aromatic rings. The Morgan fingerprint density at radius 3 is 1.30 bits per heavy atom. The zero-order valence-electron chi connectivity index (χ0n) is 12.0. The van der Waals surface area contributed by atoms with E-state index in [2.05, 4.69) is 20.1 Å². The Morgan fingerprint density at radius 2 is 1.10 bits per heavy atom. The third-order valence-corrected chi connectivity index (χ3v) is 2.60. The second-order valence-electron chi connectivity index (χ2n) is 3.91. The summed E-state index contributed by atoms with van der Waals surface area (Å²) in [7, 11) is 2.36. The Labute approximate surface area is 117 Å². The fourth-order valence-electron chi connectivity index (χ4n) is 1.39. The standard InChI is InChI=1S/C12H20N2O6/c1-5-7(11(17)19-3)13-9(15)10(16)14-8(6-2)12(18)20-4/h7-8H,5-6H2,1-4H3,(H,13,15)(H,14,16)/t7-,8-/m0/s1. The molecule has 0 saturated heterocycles. The first-order valence-electron chi connectivity index (χ1n) is 6.18. The van der Waals surface area contributed by atoms with Gasteiger partial charge in [0.05, 0.1) is 14.2 Å². The number of carbonyl (C=O) groups is 4. The molecule has 2 amide bonds. The molecule has 0 rings (SSSR count). The molecule has 0 heterocycles. The predicted octanol–water partition coefficient (Wildman–Crippen LogP) is -0.878. The lowest BCUT2D eigenvalue weighted by molar-refractivity contribution is -0.149. The highest BCUT2D eigenvalue weighted by Gasteiger charge is 2.26. The molecule has 0 fully saturated rings. The average molecular weight is 288 g/mol. The van der Waals surface area contributed by atoms with Crippen LogP contribution in [-0.2, 0) is 28.7 Å². The zero-order chi connectivity index (χ0) is 15.7. The van der Waals surface area contributed by atoms with Crippen LogP contribution in [0.3, 0.4) is 0 Å². The highest BCUT2D eigenvalue weighted by atomic mass is 16.5. The second-order valence-corrected chi connectivity index (χ2v) is 3.91. The number of ether oxygens (including phenoxy) is 2. The van der Waals surface area contributed by atoms with Crippen LogP contribution in [0.15, 0.2) is 0 Å². The van der Waals surface area contributed by atoms with Gasteiger partial charge in [-0.2, -0.15) is 0 Å². The summed E-state index contributed by atoms with van der Waals surface area (Å²) in [5.74, 6) is -3.31. The molecule has 114 valence electrons. The summed E-state index contributed by atoms with van der Waals surface area (Å²) >= 11 is 0. The zero-order valence-corrected chi connectivity index (χ0v) is 12.0. The molecule has 0 radical (unpaired) electrons. The predicted molar refractivity (Wildman–Crippen MR) is 68.5 cm³/mol. The van der Waals surface area contributed by atoms with Crippen LogP contribution >= 0.6 is 0 Å². The van der Waals surface area contributed by atoms with Gasteiger partial charge in [-0.05, 0) is 12.8 Å². The van der Waals surface area contributed by atoms with Crippen LogP contribution in [0.5, 0.6) is 0 Å². The van der Waals surface area contributed by atoms with Crippen molar-refractivity contribution >= 4 is 23.8 Å². The van der Waals surface area contributed by atoms with Gasteiger partial charge in [0.15, 0.2) is 0 Å². The summed E-state index contributed by atoms with van der Waals surface area (Å²) < 4.78 is 8.96. The van der Waals surface area contributed by atoms with Gasteiger partial charge in [-0.15, -0.1) is 0 Å². The number of esters is 2. The maximum absolute atomic E-state index is 11.6. The molecule has 8 heteroatoms. The van der Waals surface area contributed by atoms with Gasteiger partial charge in [-0.1, -0.05) is 13.8 Å². The third-order valence-electron chi connectivity index (χ3n) is 2.60. The molecule has 0 aliphatic carbocycles. The molecule has 0 aliphatic rings.